The maximum atomic E-state index is 6.54. The van der Waals surface area contributed by atoms with Crippen LogP contribution in [0.1, 0.15) is 0 Å². The molecule has 6 heteroatoms. The van der Waals surface area contributed by atoms with Crippen molar-refractivity contribution in [1.82, 2.24) is 15.0 Å². The van der Waals surface area contributed by atoms with Gasteiger partial charge in [-0.2, -0.15) is 0 Å². The minimum absolute atomic E-state index is 0.595. The van der Waals surface area contributed by atoms with Crippen molar-refractivity contribution in [2.75, 3.05) is 0 Å². The van der Waals surface area contributed by atoms with Gasteiger partial charge in [0.1, 0.15) is 22.3 Å². The van der Waals surface area contributed by atoms with E-state index in [9.17, 15) is 0 Å². The van der Waals surface area contributed by atoms with E-state index >= 15 is 0 Å². The predicted molar refractivity (Wildman–Crippen MR) is 234 cm³/mol. The van der Waals surface area contributed by atoms with Crippen LogP contribution < -0.4 is 0 Å². The summed E-state index contributed by atoms with van der Waals surface area (Å²) in [6, 6.07) is 60.9. The van der Waals surface area contributed by atoms with Crippen molar-refractivity contribution in [1.29, 1.82) is 0 Å². The summed E-state index contributed by atoms with van der Waals surface area (Å²) in [6.07, 6.45) is 0. The van der Waals surface area contributed by atoms with E-state index in [-0.39, 0.29) is 0 Å². The fourth-order valence-electron chi connectivity index (χ4n) is 8.30. The number of furan rings is 2. The molecule has 0 atom stereocenters. The summed E-state index contributed by atoms with van der Waals surface area (Å²) >= 11 is 1.85. The minimum atomic E-state index is 0.595. The number of nitrogens with zero attached hydrogens (tertiary/aromatic N) is 3. The van der Waals surface area contributed by atoms with E-state index in [1.807, 2.05) is 90.2 Å². The van der Waals surface area contributed by atoms with E-state index < -0.39 is 0 Å². The zero-order valence-electron chi connectivity index (χ0n) is 30.3. The smallest absolute Gasteiger partial charge is 0.164 e. The molecule has 0 saturated carbocycles. The molecule has 0 bridgehead atoms. The highest BCUT2D eigenvalue weighted by molar-refractivity contribution is 7.26. The Morgan fingerprint density at radius 2 is 0.930 bits per heavy atom. The molecule has 4 aromatic heterocycles. The van der Waals surface area contributed by atoms with Crippen LogP contribution in [0.15, 0.2) is 185 Å². The summed E-state index contributed by atoms with van der Waals surface area (Å²) in [4.78, 5) is 14.8. The number of thiophene rings is 1. The zero-order chi connectivity index (χ0) is 37.5. The number of rotatable bonds is 5. The molecule has 5 nitrogen and oxygen atoms in total. The number of hydrogen-bond acceptors (Lipinski definition) is 6. The Hall–Kier alpha value is -7.41. The summed E-state index contributed by atoms with van der Waals surface area (Å²) in [5, 5.41) is 6.89. The summed E-state index contributed by atoms with van der Waals surface area (Å²) in [7, 11) is 0. The van der Waals surface area contributed by atoms with E-state index in [4.69, 9.17) is 23.8 Å². The highest BCUT2D eigenvalue weighted by atomic mass is 32.1. The average Bonchev–Trinajstić information content (AvgIpc) is 3.98. The largest absolute Gasteiger partial charge is 0.456 e. The van der Waals surface area contributed by atoms with Gasteiger partial charge >= 0.3 is 0 Å². The number of benzene rings is 8. The molecular formula is C51H29N3O2S. The van der Waals surface area contributed by atoms with E-state index in [0.29, 0.717) is 17.5 Å². The van der Waals surface area contributed by atoms with Crippen LogP contribution in [0.5, 0.6) is 0 Å². The van der Waals surface area contributed by atoms with Crippen LogP contribution in [0.3, 0.4) is 0 Å². The van der Waals surface area contributed by atoms with Crippen LogP contribution in [0.25, 0.3) is 120 Å². The predicted octanol–water partition coefficient (Wildman–Crippen LogP) is 14.4. The Labute approximate surface area is 330 Å². The van der Waals surface area contributed by atoms with Gasteiger partial charge in [0.2, 0.25) is 0 Å². The molecule has 0 spiro atoms. The molecule has 12 aromatic rings. The van der Waals surface area contributed by atoms with Crippen molar-refractivity contribution >= 4 is 75.4 Å². The van der Waals surface area contributed by atoms with Crippen molar-refractivity contribution < 1.29 is 8.83 Å². The zero-order valence-corrected chi connectivity index (χ0v) is 31.1. The van der Waals surface area contributed by atoms with Crippen molar-refractivity contribution in [3.63, 3.8) is 0 Å². The van der Waals surface area contributed by atoms with Gasteiger partial charge in [0.05, 0.1) is 0 Å². The Bertz CT molecular complexity index is 3470. The van der Waals surface area contributed by atoms with Crippen LogP contribution in [0, 0.1) is 0 Å². The van der Waals surface area contributed by atoms with Gasteiger partial charge in [0.25, 0.3) is 0 Å². The molecule has 12 rings (SSSR count). The first-order valence-electron chi connectivity index (χ1n) is 18.9. The molecule has 0 aliphatic heterocycles. The van der Waals surface area contributed by atoms with Crippen LogP contribution in [-0.4, -0.2) is 15.0 Å². The Morgan fingerprint density at radius 1 is 0.333 bits per heavy atom. The number of hydrogen-bond donors (Lipinski definition) is 0. The molecular weight excluding hydrogens is 719 g/mol. The SMILES string of the molecule is c1ccc(-c2nc(-c3ccccc3)nc(-c3ccc4c(c3)oc3ccc(-c5ccc(-c6cccc7oc8ccccc8c67)c6c5sc5ccccc56)cc34)n2)cc1. The van der Waals surface area contributed by atoms with Gasteiger partial charge < -0.3 is 8.83 Å². The molecule has 0 radical (unpaired) electrons. The van der Waals surface area contributed by atoms with E-state index in [2.05, 4.69) is 97.1 Å². The number of aromatic nitrogens is 3. The van der Waals surface area contributed by atoms with Crippen LogP contribution in [0.2, 0.25) is 0 Å². The molecule has 8 aromatic carbocycles. The lowest BCUT2D eigenvalue weighted by Gasteiger charge is -2.11. The second kappa shape index (κ2) is 12.6. The third-order valence-corrected chi connectivity index (χ3v) is 12.2. The second-order valence-electron chi connectivity index (χ2n) is 14.3. The lowest BCUT2D eigenvalue weighted by atomic mass is 9.92. The van der Waals surface area contributed by atoms with Crippen LogP contribution in [-0.2, 0) is 0 Å². The van der Waals surface area contributed by atoms with Gasteiger partial charge in [-0.15, -0.1) is 11.3 Å². The van der Waals surface area contributed by atoms with Crippen molar-refractivity contribution in [2.24, 2.45) is 0 Å². The van der Waals surface area contributed by atoms with E-state index in [1.54, 1.807) is 0 Å². The van der Waals surface area contributed by atoms with Gasteiger partial charge in [-0.05, 0) is 64.7 Å². The molecule has 0 amide bonds. The molecule has 0 fully saturated rings. The molecule has 266 valence electrons. The highest BCUT2D eigenvalue weighted by Gasteiger charge is 2.20. The first-order chi connectivity index (χ1) is 28.2. The number of fused-ring (bicyclic) bond motifs is 9. The summed E-state index contributed by atoms with van der Waals surface area (Å²) < 4.78 is 15.4. The maximum Gasteiger partial charge on any atom is 0.164 e. The molecule has 0 saturated heterocycles. The molecule has 0 aliphatic carbocycles. The molecule has 0 N–H and O–H groups in total. The monoisotopic (exact) mass is 747 g/mol. The summed E-state index contributed by atoms with van der Waals surface area (Å²) in [6.45, 7) is 0. The van der Waals surface area contributed by atoms with Crippen LogP contribution >= 0.6 is 11.3 Å². The van der Waals surface area contributed by atoms with Gasteiger partial charge in [-0.1, -0.05) is 133 Å². The third-order valence-electron chi connectivity index (χ3n) is 11.0. The average molecular weight is 748 g/mol. The molecule has 0 unspecified atom stereocenters. The maximum absolute atomic E-state index is 6.54. The van der Waals surface area contributed by atoms with E-state index in [0.717, 1.165) is 66.1 Å². The Balaban J connectivity index is 1.01. The van der Waals surface area contributed by atoms with E-state index in [1.165, 1.54) is 36.9 Å². The Morgan fingerprint density at radius 3 is 1.72 bits per heavy atom. The van der Waals surface area contributed by atoms with Crippen LogP contribution in [0.4, 0.5) is 0 Å². The minimum Gasteiger partial charge on any atom is -0.456 e. The molecule has 4 heterocycles. The quantitative estimate of drug-likeness (QED) is 0.175. The van der Waals surface area contributed by atoms with Crippen molar-refractivity contribution in [3.05, 3.63) is 176 Å². The van der Waals surface area contributed by atoms with Gasteiger partial charge in [-0.3, -0.25) is 0 Å². The van der Waals surface area contributed by atoms with Gasteiger partial charge in [-0.25, -0.2) is 15.0 Å². The molecule has 57 heavy (non-hydrogen) atoms. The normalized spacial score (nSPS) is 11.9. The lowest BCUT2D eigenvalue weighted by Crippen LogP contribution is -2.00. The number of para-hydroxylation sites is 1. The topological polar surface area (TPSA) is 65.0 Å². The first kappa shape index (κ1) is 31.9. The van der Waals surface area contributed by atoms with Gasteiger partial charge in [0.15, 0.2) is 17.5 Å². The standard InChI is InChI=1S/C51H29N3O2S/c1-3-12-30(13-4-1)49-52-50(31-14-5-2-6-15-31)54-51(53-49)33-22-24-35-40-28-32(23-27-42(40)56-44(35)29-33)34-25-26-37(47-39-17-8-10-21-45(39)57-48(34)47)36-18-11-20-43-46(36)38-16-7-9-19-41(38)55-43/h1-29H. The highest BCUT2D eigenvalue weighted by Crippen LogP contribution is 2.48. The third kappa shape index (κ3) is 5.12. The van der Waals surface area contributed by atoms with Crippen molar-refractivity contribution in [2.45, 2.75) is 0 Å². The fourth-order valence-corrected chi connectivity index (χ4v) is 9.56. The summed E-state index contributed by atoms with van der Waals surface area (Å²) in [5.41, 5.74) is 10.9. The fraction of sp³-hybridized carbons (Fsp3) is 0. The molecule has 0 aliphatic rings. The lowest BCUT2D eigenvalue weighted by molar-refractivity contribution is 0.668. The second-order valence-corrected chi connectivity index (χ2v) is 15.4. The van der Waals surface area contributed by atoms with Crippen molar-refractivity contribution in [3.8, 4) is 56.4 Å². The first-order valence-corrected chi connectivity index (χ1v) is 19.7. The Kier molecular flexibility index (Phi) is 7.03. The van der Waals surface area contributed by atoms with Gasteiger partial charge in [0, 0.05) is 58.4 Å². The summed E-state index contributed by atoms with van der Waals surface area (Å²) in [5.74, 6) is 1.85.